The van der Waals surface area contributed by atoms with Gasteiger partial charge in [0.25, 0.3) is 5.91 Å². The Morgan fingerprint density at radius 2 is 1.58 bits per heavy atom. The number of benzene rings is 2. The van der Waals surface area contributed by atoms with E-state index in [4.69, 9.17) is 5.21 Å². The second kappa shape index (κ2) is 7.85. The maximum absolute atomic E-state index is 12.5. The molecule has 0 aliphatic rings. The monoisotopic (exact) mass is 388 g/mol. The quantitative estimate of drug-likeness (QED) is 0.523. The van der Waals surface area contributed by atoms with Crippen LogP contribution in [-0.2, 0) is 22.6 Å². The number of nitrogens with one attached hydrogen (secondary N) is 2. The minimum Gasteiger partial charge on any atom is -0.288 e. The molecule has 2 aromatic carbocycles. The van der Waals surface area contributed by atoms with Crippen molar-refractivity contribution in [3.8, 4) is 0 Å². The van der Waals surface area contributed by atoms with E-state index in [-0.39, 0.29) is 17.0 Å². The van der Waals surface area contributed by atoms with Crippen LogP contribution in [0.2, 0.25) is 0 Å². The van der Waals surface area contributed by atoms with Gasteiger partial charge in [-0.1, -0.05) is 12.1 Å². The fourth-order valence-electron chi connectivity index (χ4n) is 2.12. The molecule has 0 saturated carbocycles. The highest BCUT2D eigenvalue weighted by molar-refractivity contribution is 7.89. The molecule has 0 aliphatic carbocycles. The second-order valence-corrected chi connectivity index (χ2v) is 7.07. The number of alkyl halides is 3. The van der Waals surface area contributed by atoms with E-state index in [1.807, 2.05) is 0 Å². The first-order valence-electron chi connectivity index (χ1n) is 7.34. The number of hydrogen-bond donors (Lipinski definition) is 3. The summed E-state index contributed by atoms with van der Waals surface area (Å²) in [4.78, 5) is 10.9. The lowest BCUT2D eigenvalue weighted by Crippen LogP contribution is -2.26. The van der Waals surface area contributed by atoms with Crippen LogP contribution in [0.1, 0.15) is 21.5 Å². The molecule has 2 rings (SSSR count). The highest BCUT2D eigenvalue weighted by Gasteiger charge is 2.30. The third kappa shape index (κ3) is 5.04. The summed E-state index contributed by atoms with van der Waals surface area (Å²) >= 11 is 0. The molecule has 0 aromatic heterocycles. The van der Waals surface area contributed by atoms with Gasteiger partial charge in [-0.3, -0.25) is 10.0 Å². The predicted octanol–water partition coefficient (Wildman–Crippen LogP) is 2.35. The molecule has 0 bridgehead atoms. The van der Waals surface area contributed by atoms with Crippen molar-refractivity contribution in [1.29, 1.82) is 0 Å². The van der Waals surface area contributed by atoms with Gasteiger partial charge in [-0.15, -0.1) is 0 Å². The van der Waals surface area contributed by atoms with Gasteiger partial charge in [0.05, 0.1) is 10.5 Å². The van der Waals surface area contributed by atoms with Gasteiger partial charge in [-0.25, -0.2) is 18.6 Å². The first kappa shape index (κ1) is 19.9. The van der Waals surface area contributed by atoms with Gasteiger partial charge in [-0.2, -0.15) is 13.2 Å². The molecule has 0 radical (unpaired) electrons. The van der Waals surface area contributed by atoms with Crippen LogP contribution in [0, 0.1) is 0 Å². The van der Waals surface area contributed by atoms with Crippen LogP contribution in [-0.4, -0.2) is 26.1 Å². The van der Waals surface area contributed by atoms with Crippen LogP contribution in [0.3, 0.4) is 0 Å². The fraction of sp³-hybridized carbons (Fsp3) is 0.188. The van der Waals surface area contributed by atoms with E-state index in [1.165, 1.54) is 17.6 Å². The summed E-state index contributed by atoms with van der Waals surface area (Å²) in [5.41, 5.74) is 1.54. The maximum atomic E-state index is 12.5. The normalized spacial score (nSPS) is 12.0. The van der Waals surface area contributed by atoms with Crippen molar-refractivity contribution in [2.24, 2.45) is 0 Å². The zero-order valence-electron chi connectivity index (χ0n) is 13.2. The van der Waals surface area contributed by atoms with Crippen LogP contribution in [0.4, 0.5) is 13.2 Å². The summed E-state index contributed by atoms with van der Waals surface area (Å²) < 4.78 is 64.0. The number of carbonyl (C=O) groups excluding carboxylic acids is 1. The van der Waals surface area contributed by atoms with Crippen LogP contribution in [0.15, 0.2) is 53.4 Å². The lowest BCUT2D eigenvalue weighted by atomic mass is 10.1. The minimum atomic E-state index is -4.53. The van der Waals surface area contributed by atoms with E-state index in [9.17, 15) is 26.4 Å². The summed E-state index contributed by atoms with van der Waals surface area (Å²) in [5.74, 6) is -0.667. The average molecular weight is 388 g/mol. The fourth-order valence-corrected chi connectivity index (χ4v) is 3.16. The number of amides is 1. The van der Waals surface area contributed by atoms with E-state index >= 15 is 0 Å². The molecule has 140 valence electrons. The summed E-state index contributed by atoms with van der Waals surface area (Å²) in [6.07, 6.45) is -4.23. The number of rotatable bonds is 6. The number of carbonyl (C=O) groups is 1. The van der Waals surface area contributed by atoms with E-state index in [1.54, 1.807) is 12.1 Å². The zero-order valence-corrected chi connectivity index (χ0v) is 14.1. The van der Waals surface area contributed by atoms with Gasteiger partial charge in [0.2, 0.25) is 10.0 Å². The molecule has 0 unspecified atom stereocenters. The molecule has 2 aromatic rings. The third-order valence-electron chi connectivity index (χ3n) is 3.52. The zero-order chi connectivity index (χ0) is 19.4. The molecule has 0 saturated heterocycles. The van der Waals surface area contributed by atoms with Crippen LogP contribution in [0.25, 0.3) is 0 Å². The van der Waals surface area contributed by atoms with Gasteiger partial charge in [0.1, 0.15) is 0 Å². The largest absolute Gasteiger partial charge is 0.416 e. The molecule has 3 N–H and O–H groups in total. The van der Waals surface area contributed by atoms with Gasteiger partial charge in [0, 0.05) is 12.1 Å². The van der Waals surface area contributed by atoms with Crippen molar-refractivity contribution in [3.63, 3.8) is 0 Å². The van der Waals surface area contributed by atoms with E-state index in [2.05, 4.69) is 4.72 Å². The first-order valence-corrected chi connectivity index (χ1v) is 8.82. The molecule has 26 heavy (non-hydrogen) atoms. The molecule has 0 atom stereocenters. The standard InChI is InChI=1S/C16H15F3N2O4S/c17-16(18,19)13-5-7-14(8-6-13)26(24,25)20-10-9-11-1-3-12(4-2-11)15(22)21-23/h1-8,20,23H,9-10H2,(H,21,22). The first-order chi connectivity index (χ1) is 12.1. The Morgan fingerprint density at radius 1 is 1.00 bits per heavy atom. The van der Waals surface area contributed by atoms with Gasteiger partial charge in [-0.05, 0) is 48.4 Å². The number of hydroxylamine groups is 1. The molecule has 1 amide bonds. The summed E-state index contributed by atoms with van der Waals surface area (Å²) in [7, 11) is -3.93. The molecule has 10 heteroatoms. The number of sulfonamides is 1. The van der Waals surface area contributed by atoms with E-state index < -0.39 is 27.7 Å². The second-order valence-electron chi connectivity index (χ2n) is 5.31. The Kier molecular flexibility index (Phi) is 6.01. The summed E-state index contributed by atoms with van der Waals surface area (Å²) in [6, 6.07) is 9.32. The van der Waals surface area contributed by atoms with Crippen molar-refractivity contribution < 1.29 is 31.6 Å². The average Bonchev–Trinajstić information content (AvgIpc) is 2.61. The topological polar surface area (TPSA) is 95.5 Å². The Labute approximate surface area is 147 Å². The number of halogens is 3. The van der Waals surface area contributed by atoms with Crippen LogP contribution >= 0.6 is 0 Å². The van der Waals surface area contributed by atoms with Crippen molar-refractivity contribution >= 4 is 15.9 Å². The Balaban J connectivity index is 1.97. The van der Waals surface area contributed by atoms with Gasteiger partial charge >= 0.3 is 6.18 Å². The highest BCUT2D eigenvalue weighted by atomic mass is 32.2. The number of hydrogen-bond acceptors (Lipinski definition) is 4. The highest BCUT2D eigenvalue weighted by Crippen LogP contribution is 2.29. The van der Waals surface area contributed by atoms with Crippen molar-refractivity contribution in [3.05, 3.63) is 65.2 Å². The lowest BCUT2D eigenvalue weighted by molar-refractivity contribution is -0.137. The molecule has 0 fully saturated rings. The predicted molar refractivity (Wildman–Crippen MR) is 86.0 cm³/mol. The van der Waals surface area contributed by atoms with Gasteiger partial charge < -0.3 is 0 Å². The van der Waals surface area contributed by atoms with E-state index in [0.29, 0.717) is 18.6 Å². The van der Waals surface area contributed by atoms with Crippen LogP contribution < -0.4 is 10.2 Å². The third-order valence-corrected chi connectivity index (χ3v) is 4.99. The summed E-state index contributed by atoms with van der Waals surface area (Å²) in [6.45, 7) is 0.0227. The Bertz CT molecular complexity index is 864. The Morgan fingerprint density at radius 3 is 2.08 bits per heavy atom. The van der Waals surface area contributed by atoms with Gasteiger partial charge in [0.15, 0.2) is 0 Å². The molecular formula is C16H15F3N2O4S. The van der Waals surface area contributed by atoms with Crippen molar-refractivity contribution in [2.45, 2.75) is 17.5 Å². The Hall–Kier alpha value is -2.43. The van der Waals surface area contributed by atoms with Crippen LogP contribution in [0.5, 0.6) is 0 Å². The maximum Gasteiger partial charge on any atom is 0.416 e. The SMILES string of the molecule is O=C(NO)c1ccc(CCNS(=O)(=O)c2ccc(C(F)(F)F)cc2)cc1. The molecule has 0 spiro atoms. The smallest absolute Gasteiger partial charge is 0.288 e. The molecular weight excluding hydrogens is 373 g/mol. The summed E-state index contributed by atoms with van der Waals surface area (Å²) in [5, 5.41) is 8.52. The molecule has 0 aliphatic heterocycles. The van der Waals surface area contributed by atoms with Crippen molar-refractivity contribution in [2.75, 3.05) is 6.54 Å². The lowest BCUT2D eigenvalue weighted by Gasteiger charge is -2.09. The van der Waals surface area contributed by atoms with E-state index in [0.717, 1.165) is 17.7 Å². The minimum absolute atomic E-state index is 0.0227. The van der Waals surface area contributed by atoms with Crippen molar-refractivity contribution in [1.82, 2.24) is 10.2 Å². The molecule has 6 nitrogen and oxygen atoms in total. The molecule has 0 heterocycles.